The lowest BCUT2D eigenvalue weighted by atomic mass is 10.5. The van der Waals surface area contributed by atoms with Gasteiger partial charge in [0.2, 0.25) is 0 Å². The first-order chi connectivity index (χ1) is 6.16. The van der Waals surface area contributed by atoms with Crippen LogP contribution in [0.4, 0.5) is 5.95 Å². The lowest BCUT2D eigenvalue weighted by molar-refractivity contribution is -0.396. The minimum Gasteiger partial charge on any atom is -0.390 e. The molecule has 0 aliphatic heterocycles. The lowest BCUT2D eigenvalue weighted by Gasteiger charge is -1.98. The van der Waals surface area contributed by atoms with Crippen LogP contribution >= 0.6 is 12.0 Å². The summed E-state index contributed by atoms with van der Waals surface area (Å²) in [7, 11) is 1.59. The maximum absolute atomic E-state index is 10.4. The first-order valence-corrected chi connectivity index (χ1v) is 4.62. The van der Waals surface area contributed by atoms with Crippen LogP contribution in [-0.2, 0) is 17.8 Å². The fraction of sp³-hybridized carbons (Fsp3) is 0.500. The maximum atomic E-state index is 10.4. The Morgan fingerprint density at radius 2 is 2.54 bits per heavy atom. The van der Waals surface area contributed by atoms with E-state index in [1.54, 1.807) is 13.3 Å². The molecule has 72 valence electrons. The van der Waals surface area contributed by atoms with Crippen molar-refractivity contribution in [1.82, 2.24) is 9.55 Å². The lowest BCUT2D eigenvalue weighted by Crippen LogP contribution is -2.02. The molecule has 0 unspecified atom stereocenters. The molecule has 7 heteroatoms. The second-order valence-corrected chi connectivity index (χ2v) is 2.86. The van der Waals surface area contributed by atoms with Crippen molar-refractivity contribution in [3.8, 4) is 0 Å². The SMILES string of the molecule is CSOCc1cnc([N+](=O)[O-])n1C. The fourth-order valence-electron chi connectivity index (χ4n) is 0.857. The van der Waals surface area contributed by atoms with E-state index in [9.17, 15) is 10.1 Å². The van der Waals surface area contributed by atoms with Crippen LogP contribution in [0.5, 0.6) is 0 Å². The minimum absolute atomic E-state index is 0.167. The average Bonchev–Trinajstić information content (AvgIpc) is 2.43. The number of hydrogen-bond acceptors (Lipinski definition) is 5. The van der Waals surface area contributed by atoms with Crippen molar-refractivity contribution < 1.29 is 9.11 Å². The van der Waals surface area contributed by atoms with Gasteiger partial charge in [-0.1, -0.05) is 4.98 Å². The van der Waals surface area contributed by atoms with Gasteiger partial charge in [-0.2, -0.15) is 0 Å². The van der Waals surface area contributed by atoms with Crippen LogP contribution in [0, 0.1) is 10.1 Å². The zero-order chi connectivity index (χ0) is 9.84. The highest BCUT2D eigenvalue weighted by Gasteiger charge is 2.16. The Kier molecular flexibility index (Phi) is 3.26. The molecule has 6 nitrogen and oxygen atoms in total. The normalized spacial score (nSPS) is 10.3. The van der Waals surface area contributed by atoms with E-state index in [4.69, 9.17) is 4.18 Å². The third-order valence-electron chi connectivity index (χ3n) is 1.55. The molecular formula is C6H9N3O3S. The first kappa shape index (κ1) is 10.0. The average molecular weight is 203 g/mol. The van der Waals surface area contributed by atoms with Gasteiger partial charge in [-0.3, -0.25) is 0 Å². The summed E-state index contributed by atoms with van der Waals surface area (Å²) in [5.74, 6) is -0.167. The summed E-state index contributed by atoms with van der Waals surface area (Å²) >= 11 is 1.21. The topological polar surface area (TPSA) is 70.2 Å². The molecule has 0 N–H and O–H groups in total. The van der Waals surface area contributed by atoms with E-state index in [2.05, 4.69) is 4.98 Å². The molecule has 0 aliphatic carbocycles. The quantitative estimate of drug-likeness (QED) is 0.416. The molecule has 0 atom stereocenters. The molecule has 0 aromatic carbocycles. The Hall–Kier alpha value is -1.08. The largest absolute Gasteiger partial charge is 0.434 e. The molecule has 0 spiro atoms. The van der Waals surface area contributed by atoms with Gasteiger partial charge in [0.15, 0.2) is 0 Å². The number of hydrogen-bond donors (Lipinski definition) is 0. The van der Waals surface area contributed by atoms with E-state index in [-0.39, 0.29) is 5.95 Å². The molecule has 0 radical (unpaired) electrons. The summed E-state index contributed by atoms with van der Waals surface area (Å²) in [6.45, 7) is 0.318. The van der Waals surface area contributed by atoms with Crippen molar-refractivity contribution in [2.75, 3.05) is 6.26 Å². The van der Waals surface area contributed by atoms with Gasteiger partial charge < -0.3 is 14.3 Å². The summed E-state index contributed by atoms with van der Waals surface area (Å²) in [5, 5.41) is 10.4. The van der Waals surface area contributed by atoms with E-state index in [1.165, 1.54) is 22.8 Å². The number of rotatable bonds is 4. The highest BCUT2D eigenvalue weighted by molar-refractivity contribution is 7.93. The summed E-state index contributed by atoms with van der Waals surface area (Å²) in [4.78, 5) is 13.5. The van der Waals surface area contributed by atoms with Crippen molar-refractivity contribution in [2.45, 2.75) is 6.61 Å². The van der Waals surface area contributed by atoms with Gasteiger partial charge in [0.1, 0.15) is 18.5 Å². The Labute approximate surface area is 79.3 Å². The Morgan fingerprint density at radius 1 is 1.85 bits per heavy atom. The van der Waals surface area contributed by atoms with Gasteiger partial charge >= 0.3 is 5.95 Å². The van der Waals surface area contributed by atoms with Crippen LogP contribution < -0.4 is 0 Å². The number of imidazole rings is 1. The maximum Gasteiger partial charge on any atom is 0.434 e. The molecule has 0 saturated heterocycles. The van der Waals surface area contributed by atoms with E-state index < -0.39 is 4.92 Å². The Bertz CT molecular complexity index is 312. The molecule has 0 saturated carbocycles. The standard InChI is InChI=1S/C6H9N3O3S/c1-8-5(4-12-13-2)3-7-6(8)9(10)11/h3H,4H2,1-2H3. The van der Waals surface area contributed by atoms with E-state index in [1.807, 2.05) is 0 Å². The van der Waals surface area contributed by atoms with E-state index >= 15 is 0 Å². The van der Waals surface area contributed by atoms with Crippen LogP contribution in [0.25, 0.3) is 0 Å². The monoisotopic (exact) mass is 203 g/mol. The molecule has 13 heavy (non-hydrogen) atoms. The Morgan fingerprint density at radius 3 is 3.00 bits per heavy atom. The van der Waals surface area contributed by atoms with Crippen molar-refractivity contribution in [3.63, 3.8) is 0 Å². The van der Waals surface area contributed by atoms with Crippen molar-refractivity contribution in [1.29, 1.82) is 0 Å². The molecule has 1 rings (SSSR count). The van der Waals surface area contributed by atoms with Crippen molar-refractivity contribution in [3.05, 3.63) is 22.0 Å². The van der Waals surface area contributed by atoms with Crippen LogP contribution in [-0.4, -0.2) is 20.7 Å². The third-order valence-corrected chi connectivity index (χ3v) is 1.90. The van der Waals surface area contributed by atoms with Crippen LogP contribution in [0.2, 0.25) is 0 Å². The Balaban J connectivity index is 2.80. The number of nitro groups is 1. The predicted octanol–water partition coefficient (Wildman–Crippen LogP) is 1.12. The zero-order valence-electron chi connectivity index (χ0n) is 7.26. The molecule has 1 aromatic heterocycles. The first-order valence-electron chi connectivity index (χ1n) is 3.47. The smallest absolute Gasteiger partial charge is 0.390 e. The second kappa shape index (κ2) is 4.24. The summed E-state index contributed by atoms with van der Waals surface area (Å²) in [6.07, 6.45) is 3.22. The number of aromatic nitrogens is 2. The van der Waals surface area contributed by atoms with E-state index in [0.29, 0.717) is 12.3 Å². The highest BCUT2D eigenvalue weighted by atomic mass is 32.2. The molecule has 1 aromatic rings. The zero-order valence-corrected chi connectivity index (χ0v) is 8.08. The van der Waals surface area contributed by atoms with Gasteiger partial charge in [-0.15, -0.1) is 0 Å². The molecule has 0 bridgehead atoms. The van der Waals surface area contributed by atoms with Gasteiger partial charge in [0, 0.05) is 6.26 Å². The number of nitrogens with zero attached hydrogens (tertiary/aromatic N) is 3. The summed E-state index contributed by atoms with van der Waals surface area (Å²) in [5.41, 5.74) is 0.682. The highest BCUT2D eigenvalue weighted by Crippen LogP contribution is 2.12. The second-order valence-electron chi connectivity index (χ2n) is 2.29. The van der Waals surface area contributed by atoms with Gasteiger partial charge in [0.05, 0.1) is 7.05 Å². The van der Waals surface area contributed by atoms with E-state index in [0.717, 1.165) is 0 Å². The van der Waals surface area contributed by atoms with Crippen LogP contribution in [0.15, 0.2) is 6.20 Å². The van der Waals surface area contributed by atoms with Crippen molar-refractivity contribution in [2.24, 2.45) is 7.05 Å². The molecular weight excluding hydrogens is 194 g/mol. The van der Waals surface area contributed by atoms with Gasteiger partial charge in [-0.25, -0.2) is 4.57 Å². The third kappa shape index (κ3) is 2.19. The molecule has 0 amide bonds. The molecule has 0 fully saturated rings. The van der Waals surface area contributed by atoms with Gasteiger partial charge in [-0.05, 0) is 17.0 Å². The summed E-state index contributed by atoms with van der Waals surface area (Å²) < 4.78 is 6.43. The van der Waals surface area contributed by atoms with Crippen LogP contribution in [0.1, 0.15) is 5.69 Å². The predicted molar refractivity (Wildman–Crippen MR) is 48.2 cm³/mol. The fourth-order valence-corrected chi connectivity index (χ4v) is 1.10. The van der Waals surface area contributed by atoms with Crippen molar-refractivity contribution >= 4 is 18.0 Å². The summed E-state index contributed by atoms with van der Waals surface area (Å²) in [6, 6.07) is 0. The molecule has 1 heterocycles. The van der Waals surface area contributed by atoms with Crippen LogP contribution in [0.3, 0.4) is 0 Å². The van der Waals surface area contributed by atoms with Gasteiger partial charge in [0.25, 0.3) is 0 Å². The molecule has 0 aliphatic rings. The minimum atomic E-state index is -0.525.